The zero-order chi connectivity index (χ0) is 18.4. The third-order valence-electron chi connectivity index (χ3n) is 2.83. The second-order valence-electron chi connectivity index (χ2n) is 4.62. The van der Waals surface area contributed by atoms with E-state index in [1.54, 1.807) is 12.3 Å². The van der Waals surface area contributed by atoms with E-state index in [9.17, 15) is 20.0 Å². The molecule has 0 fully saturated rings. The number of hydrogen-bond donors (Lipinski definition) is 2. The van der Waals surface area contributed by atoms with Crippen molar-refractivity contribution in [2.75, 3.05) is 12.0 Å². The smallest absolute Gasteiger partial charge is 0.311 e. The van der Waals surface area contributed by atoms with E-state index in [0.717, 1.165) is 0 Å². The normalized spacial score (nSPS) is 10.8. The summed E-state index contributed by atoms with van der Waals surface area (Å²) in [5, 5.41) is 26.8. The summed E-state index contributed by atoms with van der Waals surface area (Å²) >= 11 is 4.29. The van der Waals surface area contributed by atoms with Crippen molar-refractivity contribution < 1.29 is 19.6 Å². The van der Waals surface area contributed by atoms with Crippen LogP contribution in [0, 0.1) is 10.1 Å². The number of benzene rings is 1. The van der Waals surface area contributed by atoms with Crippen LogP contribution in [0.5, 0.6) is 5.75 Å². The number of nitro groups is 1. The fraction of sp³-hybridized carbons (Fsp3) is 0.214. The van der Waals surface area contributed by atoms with Gasteiger partial charge in [-0.05, 0) is 22.9 Å². The number of phenols is 1. The van der Waals surface area contributed by atoms with Gasteiger partial charge in [-0.3, -0.25) is 20.3 Å². The highest BCUT2D eigenvalue weighted by Gasteiger charge is 2.13. The van der Waals surface area contributed by atoms with Gasteiger partial charge in [-0.1, -0.05) is 0 Å². The molecule has 132 valence electrons. The van der Waals surface area contributed by atoms with E-state index in [0.29, 0.717) is 17.4 Å². The van der Waals surface area contributed by atoms with Crippen molar-refractivity contribution in [2.24, 2.45) is 5.10 Å². The number of nitro benzene ring substituents is 1. The monoisotopic (exact) mass is 428 g/mol. The number of anilines is 1. The Balaban J connectivity index is 2.05. The molecule has 25 heavy (non-hydrogen) atoms. The maximum atomic E-state index is 11.4. The van der Waals surface area contributed by atoms with E-state index in [2.05, 4.69) is 31.4 Å². The summed E-state index contributed by atoms with van der Waals surface area (Å²) in [6, 6.07) is 2.39. The number of esters is 1. The maximum absolute atomic E-state index is 11.4. The van der Waals surface area contributed by atoms with Crippen LogP contribution in [0.1, 0.15) is 18.2 Å². The van der Waals surface area contributed by atoms with Crippen molar-refractivity contribution >= 4 is 50.3 Å². The number of thiazole rings is 1. The molecule has 0 saturated carbocycles. The Morgan fingerprint density at radius 2 is 2.36 bits per heavy atom. The molecule has 2 rings (SSSR count). The van der Waals surface area contributed by atoms with Crippen molar-refractivity contribution in [3.8, 4) is 5.75 Å². The Morgan fingerprint density at radius 3 is 3.04 bits per heavy atom. The number of phenolic OH excluding ortho intramolecular Hbond substituents is 1. The molecule has 9 nitrogen and oxygen atoms in total. The molecule has 0 aliphatic heterocycles. The lowest BCUT2D eigenvalue weighted by Gasteiger charge is -2.02. The summed E-state index contributed by atoms with van der Waals surface area (Å²) < 4.78 is 5.03. The molecule has 2 N–H and O–H groups in total. The second-order valence-corrected chi connectivity index (χ2v) is 6.33. The summed E-state index contributed by atoms with van der Waals surface area (Å²) in [6.07, 6.45) is 1.30. The number of carbonyl (C=O) groups excluding carboxylic acids is 1. The molecular weight excluding hydrogens is 416 g/mol. The van der Waals surface area contributed by atoms with Gasteiger partial charge in [-0.2, -0.15) is 5.10 Å². The van der Waals surface area contributed by atoms with Crippen LogP contribution in [0.15, 0.2) is 27.1 Å². The molecule has 2 aromatic rings. The Bertz CT molecular complexity index is 824. The number of hydrazone groups is 1. The number of non-ortho nitro benzene ring substituents is 1. The van der Waals surface area contributed by atoms with Gasteiger partial charge in [0, 0.05) is 23.1 Å². The highest BCUT2D eigenvalue weighted by atomic mass is 79.9. The number of carbonyl (C=O) groups is 1. The number of hydrogen-bond acceptors (Lipinski definition) is 9. The van der Waals surface area contributed by atoms with Gasteiger partial charge in [0.15, 0.2) is 0 Å². The number of nitrogens with zero attached hydrogens (tertiary/aromatic N) is 3. The van der Waals surface area contributed by atoms with Crippen LogP contribution in [0.4, 0.5) is 10.8 Å². The van der Waals surface area contributed by atoms with E-state index in [1.165, 1.54) is 29.7 Å². The SMILES string of the molecule is CCOC(=O)Cc1csc(NN=Cc2cc([N+](=O)[O-])cc(Br)c2O)n1. The average Bonchev–Trinajstić information content (AvgIpc) is 2.98. The van der Waals surface area contributed by atoms with Gasteiger partial charge in [0.05, 0.1) is 34.3 Å². The second kappa shape index (κ2) is 8.53. The van der Waals surface area contributed by atoms with Crippen LogP contribution in [0.2, 0.25) is 0 Å². The van der Waals surface area contributed by atoms with Crippen LogP contribution >= 0.6 is 27.3 Å². The molecule has 0 bridgehead atoms. The molecule has 1 aromatic carbocycles. The summed E-state index contributed by atoms with van der Waals surface area (Å²) in [6.45, 7) is 2.03. The molecule has 11 heteroatoms. The average molecular weight is 429 g/mol. The van der Waals surface area contributed by atoms with E-state index >= 15 is 0 Å². The fourth-order valence-electron chi connectivity index (χ4n) is 1.77. The standard InChI is InChI=1S/C14H13BrN4O5S/c1-2-24-12(20)4-9-7-25-14(17-9)18-16-6-8-3-10(19(22)23)5-11(15)13(8)21/h3,5-7,21H,2,4H2,1H3,(H,17,18). The zero-order valence-corrected chi connectivity index (χ0v) is 15.3. The summed E-state index contributed by atoms with van der Waals surface area (Å²) in [5.74, 6) is -0.535. The maximum Gasteiger partial charge on any atom is 0.311 e. The molecule has 0 aliphatic carbocycles. The van der Waals surface area contributed by atoms with Crippen LogP contribution in [0.3, 0.4) is 0 Å². The summed E-state index contributed by atoms with van der Waals surface area (Å²) in [5.41, 5.74) is 3.17. The van der Waals surface area contributed by atoms with Crippen molar-refractivity contribution in [3.63, 3.8) is 0 Å². The molecule has 0 spiro atoms. The van der Waals surface area contributed by atoms with Gasteiger partial charge < -0.3 is 9.84 Å². The first-order chi connectivity index (χ1) is 11.9. The van der Waals surface area contributed by atoms with Crippen LogP contribution < -0.4 is 5.43 Å². The molecular formula is C14H13BrN4O5S. The first-order valence-electron chi connectivity index (χ1n) is 6.96. The quantitative estimate of drug-likeness (QED) is 0.300. The molecule has 0 unspecified atom stereocenters. The lowest BCUT2D eigenvalue weighted by Crippen LogP contribution is -2.07. The van der Waals surface area contributed by atoms with E-state index in [4.69, 9.17) is 4.74 Å². The highest BCUT2D eigenvalue weighted by Crippen LogP contribution is 2.31. The molecule has 0 amide bonds. The third-order valence-corrected chi connectivity index (χ3v) is 4.24. The Kier molecular flexibility index (Phi) is 6.42. The van der Waals surface area contributed by atoms with Crippen molar-refractivity contribution in [1.29, 1.82) is 0 Å². The first-order valence-corrected chi connectivity index (χ1v) is 8.64. The Labute approximate surface area is 154 Å². The molecule has 0 atom stereocenters. The zero-order valence-electron chi connectivity index (χ0n) is 12.9. The largest absolute Gasteiger partial charge is 0.506 e. The topological polar surface area (TPSA) is 127 Å². The molecule has 0 aliphatic rings. The van der Waals surface area contributed by atoms with Gasteiger partial charge in [0.25, 0.3) is 5.69 Å². The minimum Gasteiger partial charge on any atom is -0.506 e. The van der Waals surface area contributed by atoms with Gasteiger partial charge in [0.2, 0.25) is 5.13 Å². The minimum atomic E-state index is -0.572. The number of rotatable bonds is 7. The van der Waals surface area contributed by atoms with Crippen LogP contribution in [-0.2, 0) is 16.0 Å². The number of ether oxygens (including phenoxy) is 1. The fourth-order valence-corrected chi connectivity index (χ4v) is 2.89. The number of aromatic nitrogens is 1. The molecule has 0 saturated heterocycles. The predicted molar refractivity (Wildman–Crippen MR) is 96.1 cm³/mol. The summed E-state index contributed by atoms with van der Waals surface area (Å²) in [7, 11) is 0. The van der Waals surface area contributed by atoms with Crippen LogP contribution in [-0.4, -0.2) is 33.8 Å². The van der Waals surface area contributed by atoms with E-state index in [-0.39, 0.29) is 33.9 Å². The van der Waals surface area contributed by atoms with Gasteiger partial charge in [-0.15, -0.1) is 11.3 Å². The van der Waals surface area contributed by atoms with Crippen molar-refractivity contribution in [3.05, 3.63) is 43.4 Å². The molecule has 0 radical (unpaired) electrons. The number of nitrogens with one attached hydrogen (secondary N) is 1. The minimum absolute atomic E-state index is 0.0638. The third kappa shape index (κ3) is 5.22. The number of aromatic hydroxyl groups is 1. The first kappa shape index (κ1) is 18.8. The number of halogens is 1. The van der Waals surface area contributed by atoms with Crippen molar-refractivity contribution in [1.82, 2.24) is 4.98 Å². The Morgan fingerprint density at radius 1 is 1.60 bits per heavy atom. The van der Waals surface area contributed by atoms with Crippen LogP contribution in [0.25, 0.3) is 0 Å². The molecule has 1 heterocycles. The predicted octanol–water partition coefficient (Wildman–Crippen LogP) is 3.07. The molecule has 1 aromatic heterocycles. The van der Waals surface area contributed by atoms with Gasteiger partial charge in [-0.25, -0.2) is 4.98 Å². The summed E-state index contributed by atoms with van der Waals surface area (Å²) in [4.78, 5) is 25.8. The van der Waals surface area contributed by atoms with Gasteiger partial charge in [0.1, 0.15) is 5.75 Å². The lowest BCUT2D eigenvalue weighted by molar-refractivity contribution is -0.385. The highest BCUT2D eigenvalue weighted by molar-refractivity contribution is 9.10. The Hall–Kier alpha value is -2.53. The lowest BCUT2D eigenvalue weighted by atomic mass is 10.2. The van der Waals surface area contributed by atoms with E-state index < -0.39 is 4.92 Å². The van der Waals surface area contributed by atoms with Crippen molar-refractivity contribution in [2.45, 2.75) is 13.3 Å². The van der Waals surface area contributed by atoms with Gasteiger partial charge >= 0.3 is 5.97 Å². The van der Waals surface area contributed by atoms with E-state index in [1.807, 2.05) is 0 Å².